The zero-order valence-electron chi connectivity index (χ0n) is 2.38. The maximum Gasteiger partial charge on any atom is 0.335 e. The number of hydrazine groups is 1. The highest BCUT2D eigenvalue weighted by Gasteiger charge is 1.12. The van der Waals surface area contributed by atoms with Crippen LogP contribution in [-0.4, -0.2) is 8.42 Å². The second-order valence-corrected chi connectivity index (χ2v) is 0.204. The van der Waals surface area contributed by atoms with Crippen LogP contribution in [0.4, 0.5) is 0 Å². The molecule has 0 aromatic heterocycles. The van der Waals surface area contributed by atoms with Crippen molar-refractivity contribution in [3.8, 4) is 0 Å². The summed E-state index contributed by atoms with van der Waals surface area (Å²) in [5, 5.41) is 0. The molecule has 0 aliphatic carbocycles. The number of rotatable bonds is 0. The van der Waals surface area contributed by atoms with Gasteiger partial charge in [-0.25, -0.2) is 0 Å². The van der Waals surface area contributed by atoms with Gasteiger partial charge in [0.2, 0.25) is 0 Å². The first-order chi connectivity index (χ1) is 2.41. The summed E-state index contributed by atoms with van der Waals surface area (Å²) < 4.78 is 16.6. The molecule has 0 atom stereocenters. The fourth-order valence-electron chi connectivity index (χ4n) is 0. The third-order valence-corrected chi connectivity index (χ3v) is 0. The van der Waals surface area contributed by atoms with Crippen LogP contribution in [0.25, 0.3) is 0 Å². The average Bonchev–Trinajstić information content (AvgIpc) is 1.46. The average molecular weight is 96.1 g/mol. The molecule has 4 N–H and O–H groups in total. The second-order valence-electron chi connectivity index (χ2n) is 0.0680. The van der Waals surface area contributed by atoms with E-state index in [0.29, 0.717) is 0 Å². The summed E-state index contributed by atoms with van der Waals surface area (Å²) in [6, 6.07) is 0. The van der Waals surface area contributed by atoms with E-state index in [-0.39, 0.29) is 0 Å². The molecule has 0 bridgehead atoms. The van der Waals surface area contributed by atoms with Gasteiger partial charge in [0.1, 0.15) is 0 Å². The minimum absolute atomic E-state index is 0.750. The fourth-order valence-corrected chi connectivity index (χ4v) is 0. The molecular weight excluding hydrogens is 92.1 g/mol. The maximum absolute atomic E-state index is 8.29. The van der Waals surface area contributed by atoms with Crippen LogP contribution in [0.3, 0.4) is 0 Å². The van der Waals surface area contributed by atoms with Gasteiger partial charge in [-0.3, -0.25) is 11.7 Å². The first kappa shape index (κ1) is 8.83. The number of nitrogens with two attached hydrogens (primary N) is 2. The number of hydrogen-bond acceptors (Lipinski definition) is 4. The number of hydrogen-bond donors (Lipinski definition) is 2. The lowest BCUT2D eigenvalue weighted by molar-refractivity contribution is 0.630. The normalized spacial score (nSPS) is 3.60. The molecule has 0 aromatic carbocycles. The molecule has 0 aliphatic rings. The van der Waals surface area contributed by atoms with Crippen molar-refractivity contribution in [2.45, 2.75) is 0 Å². The Morgan fingerprint density at radius 1 is 1.20 bits per heavy atom. The van der Waals surface area contributed by atoms with Gasteiger partial charge < -0.3 is 0 Å². The van der Waals surface area contributed by atoms with E-state index in [4.69, 9.17) is 8.42 Å². The van der Waals surface area contributed by atoms with Crippen LogP contribution in [0.1, 0.15) is 0 Å². The minimum Gasteiger partial charge on any atom is -0.274 e. The molecule has 5 heteroatoms. The van der Waals surface area contributed by atoms with Gasteiger partial charge in [0.25, 0.3) is 0 Å². The van der Waals surface area contributed by atoms with E-state index >= 15 is 0 Å². The SMILES string of the molecule is NN.O=S=O. The molecule has 0 unspecified atom stereocenters. The van der Waals surface area contributed by atoms with E-state index in [1.54, 1.807) is 0 Å². The van der Waals surface area contributed by atoms with Gasteiger partial charge in [0.05, 0.1) is 0 Å². The maximum atomic E-state index is 8.29. The zero-order valence-corrected chi connectivity index (χ0v) is 3.20. The van der Waals surface area contributed by atoms with E-state index in [9.17, 15) is 0 Å². The Balaban J connectivity index is 0. The highest BCUT2D eigenvalue weighted by atomic mass is 32.1. The van der Waals surface area contributed by atoms with Crippen molar-refractivity contribution in [3.05, 3.63) is 0 Å². The van der Waals surface area contributed by atoms with Gasteiger partial charge in [-0.2, -0.15) is 8.42 Å². The Bertz CT molecular complexity index is 28.6. The van der Waals surface area contributed by atoms with Crippen molar-refractivity contribution in [2.24, 2.45) is 11.7 Å². The Hall–Kier alpha value is -0.260. The predicted octanol–water partition coefficient (Wildman–Crippen LogP) is -1.85. The van der Waals surface area contributed by atoms with Gasteiger partial charge in [-0.15, -0.1) is 0 Å². The molecule has 0 aliphatic heterocycles. The van der Waals surface area contributed by atoms with E-state index in [1.807, 2.05) is 0 Å². The fraction of sp³-hybridized carbons (Fsp3) is 0. The van der Waals surface area contributed by atoms with Crippen LogP contribution in [-0.2, 0) is 11.6 Å². The third kappa shape index (κ3) is 168. The molecular formula is H4N2O2S. The van der Waals surface area contributed by atoms with E-state index in [0.717, 1.165) is 0 Å². The molecule has 32 valence electrons. The predicted molar refractivity (Wildman–Crippen MR) is 17.3 cm³/mol. The van der Waals surface area contributed by atoms with Crippen LogP contribution in [0.15, 0.2) is 0 Å². The molecule has 0 rings (SSSR count). The van der Waals surface area contributed by atoms with Crippen molar-refractivity contribution in [1.29, 1.82) is 0 Å². The first-order valence-corrected chi connectivity index (χ1v) is 1.33. The molecule has 0 amide bonds. The van der Waals surface area contributed by atoms with Crippen LogP contribution in [0.5, 0.6) is 0 Å². The van der Waals surface area contributed by atoms with Gasteiger partial charge in [0, 0.05) is 0 Å². The van der Waals surface area contributed by atoms with Crippen molar-refractivity contribution in [3.63, 3.8) is 0 Å². The summed E-state index contributed by atoms with van der Waals surface area (Å²) in [4.78, 5) is 0. The summed E-state index contributed by atoms with van der Waals surface area (Å²) in [5.74, 6) is 8.00. The van der Waals surface area contributed by atoms with Crippen LogP contribution >= 0.6 is 0 Å². The van der Waals surface area contributed by atoms with Crippen molar-refractivity contribution in [2.75, 3.05) is 0 Å². The van der Waals surface area contributed by atoms with Gasteiger partial charge in [-0.05, 0) is 0 Å². The summed E-state index contributed by atoms with van der Waals surface area (Å²) in [6.45, 7) is 0. The summed E-state index contributed by atoms with van der Waals surface area (Å²) >= 11 is -0.750. The lowest BCUT2D eigenvalue weighted by atomic mass is 13.0. The summed E-state index contributed by atoms with van der Waals surface area (Å²) in [6.07, 6.45) is 0. The molecule has 0 saturated carbocycles. The summed E-state index contributed by atoms with van der Waals surface area (Å²) in [7, 11) is 0. The monoisotopic (exact) mass is 96.0 g/mol. The molecule has 0 saturated heterocycles. The molecule has 4 nitrogen and oxygen atoms in total. The van der Waals surface area contributed by atoms with Gasteiger partial charge >= 0.3 is 11.6 Å². The van der Waals surface area contributed by atoms with Crippen LogP contribution in [0.2, 0.25) is 0 Å². The lowest BCUT2D eigenvalue weighted by Gasteiger charge is -1.27. The van der Waals surface area contributed by atoms with E-state index < -0.39 is 11.6 Å². The molecule has 0 aromatic rings. The first-order valence-electron chi connectivity index (χ1n) is 0.667. The van der Waals surface area contributed by atoms with Crippen molar-refractivity contribution >= 4 is 11.6 Å². The lowest BCUT2D eigenvalue weighted by Crippen LogP contribution is -2.02. The molecule has 0 radical (unpaired) electrons. The van der Waals surface area contributed by atoms with E-state index in [2.05, 4.69) is 11.7 Å². The van der Waals surface area contributed by atoms with Crippen LogP contribution < -0.4 is 11.7 Å². The molecule has 5 heavy (non-hydrogen) atoms. The Morgan fingerprint density at radius 3 is 1.20 bits per heavy atom. The van der Waals surface area contributed by atoms with Crippen molar-refractivity contribution < 1.29 is 8.42 Å². The quantitative estimate of drug-likeness (QED) is 0.274. The molecule has 0 spiro atoms. The summed E-state index contributed by atoms with van der Waals surface area (Å²) in [5.41, 5.74) is 0. The molecule has 0 heterocycles. The Morgan fingerprint density at radius 2 is 1.20 bits per heavy atom. The highest BCUT2D eigenvalue weighted by molar-refractivity contribution is 7.51. The van der Waals surface area contributed by atoms with Gasteiger partial charge in [-0.1, -0.05) is 0 Å². The largest absolute Gasteiger partial charge is 0.335 e. The minimum atomic E-state index is -0.750. The van der Waals surface area contributed by atoms with E-state index in [1.165, 1.54) is 0 Å². The molecule has 0 fully saturated rings. The van der Waals surface area contributed by atoms with Crippen LogP contribution in [0, 0.1) is 0 Å². The third-order valence-electron chi connectivity index (χ3n) is 0. The Kier molecular flexibility index (Phi) is 90.6. The van der Waals surface area contributed by atoms with Gasteiger partial charge in [0.15, 0.2) is 0 Å². The topological polar surface area (TPSA) is 86.2 Å². The highest BCUT2D eigenvalue weighted by Crippen LogP contribution is 0.846. The second kappa shape index (κ2) is 51.3. The standard InChI is InChI=1S/H4N2.O2S/c1-2;1-3-2/h1-2H2;. The smallest absolute Gasteiger partial charge is 0.274 e. The zero-order chi connectivity index (χ0) is 4.71. The Labute approximate surface area is 32.7 Å². The van der Waals surface area contributed by atoms with Crippen molar-refractivity contribution in [1.82, 2.24) is 0 Å².